The SMILES string of the molecule is Cc1c(NC(=O)CN2CCCCC(O)C2=O)cnn1C1CCCC1. The molecule has 1 aromatic heterocycles. The number of carbonyl (C=O) groups excluding carboxylic acids is 2. The van der Waals surface area contributed by atoms with Crippen molar-refractivity contribution in [3.05, 3.63) is 11.9 Å². The fourth-order valence-electron chi connectivity index (χ4n) is 3.67. The van der Waals surface area contributed by atoms with Gasteiger partial charge in [-0.1, -0.05) is 12.8 Å². The number of nitrogens with zero attached hydrogens (tertiary/aromatic N) is 3. The second kappa shape index (κ2) is 7.34. The minimum atomic E-state index is -0.979. The highest BCUT2D eigenvalue weighted by Gasteiger charge is 2.27. The zero-order valence-corrected chi connectivity index (χ0v) is 14.2. The summed E-state index contributed by atoms with van der Waals surface area (Å²) in [6.07, 6.45) is 7.52. The van der Waals surface area contributed by atoms with Crippen LogP contribution in [-0.2, 0) is 9.59 Å². The maximum absolute atomic E-state index is 12.3. The average Bonchev–Trinajstić information content (AvgIpc) is 3.16. The summed E-state index contributed by atoms with van der Waals surface area (Å²) in [5, 5.41) is 17.0. The number of aromatic nitrogens is 2. The number of amides is 2. The van der Waals surface area contributed by atoms with Crippen LogP contribution >= 0.6 is 0 Å². The van der Waals surface area contributed by atoms with Gasteiger partial charge in [-0.05, 0) is 39.0 Å². The molecule has 2 heterocycles. The first-order valence-corrected chi connectivity index (χ1v) is 8.87. The van der Waals surface area contributed by atoms with Crippen molar-refractivity contribution in [2.45, 2.75) is 64.0 Å². The zero-order valence-electron chi connectivity index (χ0n) is 14.2. The molecule has 2 amide bonds. The quantitative estimate of drug-likeness (QED) is 0.876. The molecular formula is C17H26N4O3. The molecule has 0 bridgehead atoms. The molecule has 2 N–H and O–H groups in total. The van der Waals surface area contributed by atoms with Crippen LogP contribution in [0.15, 0.2) is 6.20 Å². The van der Waals surface area contributed by atoms with E-state index in [-0.39, 0.29) is 18.4 Å². The number of rotatable bonds is 4. The monoisotopic (exact) mass is 334 g/mol. The fraction of sp³-hybridized carbons (Fsp3) is 0.706. The summed E-state index contributed by atoms with van der Waals surface area (Å²) in [5.74, 6) is -0.590. The van der Waals surface area contributed by atoms with Crippen LogP contribution < -0.4 is 5.32 Å². The van der Waals surface area contributed by atoms with Gasteiger partial charge in [-0.25, -0.2) is 0 Å². The summed E-state index contributed by atoms with van der Waals surface area (Å²) in [4.78, 5) is 25.8. The zero-order chi connectivity index (χ0) is 17.1. The molecule has 7 heteroatoms. The third-order valence-electron chi connectivity index (χ3n) is 5.08. The highest BCUT2D eigenvalue weighted by molar-refractivity contribution is 5.95. The third kappa shape index (κ3) is 3.61. The Morgan fingerprint density at radius 2 is 2.00 bits per heavy atom. The van der Waals surface area contributed by atoms with Crippen LogP contribution in [0.3, 0.4) is 0 Å². The fourth-order valence-corrected chi connectivity index (χ4v) is 3.67. The van der Waals surface area contributed by atoms with E-state index in [1.165, 1.54) is 17.7 Å². The Kier molecular flexibility index (Phi) is 5.18. The molecule has 24 heavy (non-hydrogen) atoms. The summed E-state index contributed by atoms with van der Waals surface area (Å²) < 4.78 is 2.00. The van der Waals surface area contributed by atoms with E-state index in [9.17, 15) is 14.7 Å². The topological polar surface area (TPSA) is 87.5 Å². The van der Waals surface area contributed by atoms with Gasteiger partial charge < -0.3 is 15.3 Å². The molecule has 1 atom stereocenters. The first-order valence-electron chi connectivity index (χ1n) is 8.87. The smallest absolute Gasteiger partial charge is 0.251 e. The third-order valence-corrected chi connectivity index (χ3v) is 5.08. The van der Waals surface area contributed by atoms with Crippen LogP contribution in [0, 0.1) is 6.92 Å². The van der Waals surface area contributed by atoms with E-state index in [0.29, 0.717) is 24.7 Å². The molecule has 1 unspecified atom stereocenters. The number of likely N-dealkylation sites (tertiary alicyclic amines) is 1. The maximum Gasteiger partial charge on any atom is 0.251 e. The summed E-state index contributed by atoms with van der Waals surface area (Å²) in [7, 11) is 0. The first kappa shape index (κ1) is 17.0. The minimum absolute atomic E-state index is 0.0239. The van der Waals surface area contributed by atoms with Gasteiger partial charge in [-0.15, -0.1) is 0 Å². The molecule has 0 spiro atoms. The molecule has 3 rings (SSSR count). The van der Waals surface area contributed by atoms with Crippen LogP contribution in [0.25, 0.3) is 0 Å². The van der Waals surface area contributed by atoms with E-state index in [2.05, 4.69) is 10.4 Å². The van der Waals surface area contributed by atoms with E-state index >= 15 is 0 Å². The van der Waals surface area contributed by atoms with Crippen molar-refractivity contribution in [3.63, 3.8) is 0 Å². The van der Waals surface area contributed by atoms with Gasteiger partial charge in [0.1, 0.15) is 6.10 Å². The van der Waals surface area contributed by atoms with Crippen LogP contribution in [-0.4, -0.2) is 50.8 Å². The summed E-state index contributed by atoms with van der Waals surface area (Å²) >= 11 is 0. The summed E-state index contributed by atoms with van der Waals surface area (Å²) in [6.45, 7) is 2.45. The summed E-state index contributed by atoms with van der Waals surface area (Å²) in [5.41, 5.74) is 1.66. The Bertz CT molecular complexity index is 607. The van der Waals surface area contributed by atoms with E-state index in [4.69, 9.17) is 0 Å². The van der Waals surface area contributed by atoms with E-state index in [1.54, 1.807) is 6.20 Å². The Hall–Kier alpha value is -1.89. The normalized spacial score (nSPS) is 22.7. The average molecular weight is 334 g/mol. The van der Waals surface area contributed by atoms with Gasteiger partial charge in [-0.3, -0.25) is 14.3 Å². The minimum Gasteiger partial charge on any atom is -0.383 e. The van der Waals surface area contributed by atoms with E-state index in [0.717, 1.165) is 31.4 Å². The standard InChI is InChI=1S/C17H26N4O3/c1-12-14(10-18-21(12)13-6-2-3-7-13)19-16(23)11-20-9-5-4-8-15(22)17(20)24/h10,13,15,22H,2-9,11H2,1H3,(H,19,23). The Morgan fingerprint density at radius 1 is 1.29 bits per heavy atom. The van der Waals surface area contributed by atoms with Crippen LogP contribution in [0.4, 0.5) is 5.69 Å². The molecule has 1 saturated carbocycles. The Labute approximate surface area is 142 Å². The van der Waals surface area contributed by atoms with Crippen LogP contribution in [0.2, 0.25) is 0 Å². The predicted octanol–water partition coefficient (Wildman–Crippen LogP) is 1.62. The van der Waals surface area contributed by atoms with E-state index in [1.807, 2.05) is 11.6 Å². The number of nitrogens with one attached hydrogen (secondary N) is 1. The molecule has 1 aromatic rings. The second-order valence-corrected chi connectivity index (χ2v) is 6.85. The van der Waals surface area contributed by atoms with Crippen molar-refractivity contribution < 1.29 is 14.7 Å². The molecule has 7 nitrogen and oxygen atoms in total. The molecule has 132 valence electrons. The number of aliphatic hydroxyl groups excluding tert-OH is 1. The number of anilines is 1. The van der Waals surface area contributed by atoms with Crippen LogP contribution in [0.1, 0.15) is 56.7 Å². The molecule has 1 saturated heterocycles. The van der Waals surface area contributed by atoms with Crippen molar-refractivity contribution in [1.29, 1.82) is 0 Å². The van der Waals surface area contributed by atoms with Gasteiger partial charge in [0.2, 0.25) is 5.91 Å². The largest absolute Gasteiger partial charge is 0.383 e. The van der Waals surface area contributed by atoms with Gasteiger partial charge in [0, 0.05) is 6.54 Å². The lowest BCUT2D eigenvalue weighted by Gasteiger charge is -2.21. The van der Waals surface area contributed by atoms with Crippen LogP contribution in [0.5, 0.6) is 0 Å². The first-order chi connectivity index (χ1) is 11.6. The number of aliphatic hydroxyl groups is 1. The number of carbonyl (C=O) groups is 2. The van der Waals surface area contributed by atoms with Gasteiger partial charge in [0.05, 0.1) is 30.2 Å². The second-order valence-electron chi connectivity index (χ2n) is 6.85. The molecule has 0 aromatic carbocycles. The van der Waals surface area contributed by atoms with Gasteiger partial charge >= 0.3 is 0 Å². The Balaban J connectivity index is 1.61. The Morgan fingerprint density at radius 3 is 2.75 bits per heavy atom. The maximum atomic E-state index is 12.3. The van der Waals surface area contributed by atoms with Gasteiger partial charge in [-0.2, -0.15) is 5.10 Å². The molecule has 2 fully saturated rings. The van der Waals surface area contributed by atoms with Crippen molar-refractivity contribution in [2.24, 2.45) is 0 Å². The van der Waals surface area contributed by atoms with Crippen molar-refractivity contribution in [3.8, 4) is 0 Å². The van der Waals surface area contributed by atoms with Gasteiger partial charge in [0.15, 0.2) is 0 Å². The lowest BCUT2D eigenvalue weighted by Crippen LogP contribution is -2.42. The number of hydrogen-bond acceptors (Lipinski definition) is 4. The predicted molar refractivity (Wildman–Crippen MR) is 89.5 cm³/mol. The van der Waals surface area contributed by atoms with E-state index < -0.39 is 6.10 Å². The molecule has 1 aliphatic heterocycles. The highest BCUT2D eigenvalue weighted by atomic mass is 16.3. The van der Waals surface area contributed by atoms with Crippen molar-refractivity contribution in [1.82, 2.24) is 14.7 Å². The van der Waals surface area contributed by atoms with Gasteiger partial charge in [0.25, 0.3) is 5.91 Å². The lowest BCUT2D eigenvalue weighted by atomic mass is 10.2. The molecule has 1 aliphatic carbocycles. The number of hydrogen-bond donors (Lipinski definition) is 2. The molecule has 2 aliphatic rings. The van der Waals surface area contributed by atoms with Crippen molar-refractivity contribution in [2.75, 3.05) is 18.4 Å². The highest BCUT2D eigenvalue weighted by Crippen LogP contribution is 2.31. The molecular weight excluding hydrogens is 308 g/mol. The summed E-state index contributed by atoms with van der Waals surface area (Å²) in [6, 6.07) is 0.429. The lowest BCUT2D eigenvalue weighted by molar-refractivity contribution is -0.141. The molecule has 0 radical (unpaired) electrons. The van der Waals surface area contributed by atoms with Crippen molar-refractivity contribution >= 4 is 17.5 Å².